The molecule has 3 nitrogen and oxygen atoms in total. The van der Waals surface area contributed by atoms with Gasteiger partial charge in [0.2, 0.25) is 5.89 Å². The molecule has 0 aliphatic rings. The fourth-order valence-electron chi connectivity index (χ4n) is 2.27. The summed E-state index contributed by atoms with van der Waals surface area (Å²) in [7, 11) is 0. The third-order valence-electron chi connectivity index (χ3n) is 3.66. The van der Waals surface area contributed by atoms with Gasteiger partial charge in [-0.2, -0.15) is 0 Å². The number of thioether (sulfide) groups is 1. The molecule has 2 aromatic carbocycles. The summed E-state index contributed by atoms with van der Waals surface area (Å²) in [5, 5.41) is 9.55. The molecule has 24 heavy (non-hydrogen) atoms. The summed E-state index contributed by atoms with van der Waals surface area (Å²) in [6.07, 6.45) is 0. The first-order valence-corrected chi connectivity index (χ1v) is 9.10. The summed E-state index contributed by atoms with van der Waals surface area (Å²) < 4.78 is 5.75. The molecular weight excluding hydrogens is 340 g/mol. The van der Waals surface area contributed by atoms with Gasteiger partial charge in [0.05, 0.1) is 0 Å². The molecule has 0 unspecified atom stereocenters. The highest BCUT2D eigenvalue weighted by molar-refractivity contribution is 7.98. The van der Waals surface area contributed by atoms with E-state index < -0.39 is 0 Å². The van der Waals surface area contributed by atoms with Crippen LogP contribution in [0.2, 0.25) is 5.02 Å². The van der Waals surface area contributed by atoms with Crippen molar-refractivity contribution in [3.63, 3.8) is 0 Å². The summed E-state index contributed by atoms with van der Waals surface area (Å²) in [4.78, 5) is 0. The van der Waals surface area contributed by atoms with Gasteiger partial charge in [0, 0.05) is 16.3 Å². The molecule has 0 amide bonds. The van der Waals surface area contributed by atoms with Gasteiger partial charge in [-0.15, -0.1) is 10.2 Å². The monoisotopic (exact) mass is 358 g/mol. The SMILES string of the molecule is CC(C)(C)c1ccc(-c2nnc(SCc3cccc(Cl)c3)o2)cc1. The molecule has 1 heterocycles. The average Bonchev–Trinajstić information content (AvgIpc) is 3.01. The van der Waals surface area contributed by atoms with Gasteiger partial charge >= 0.3 is 0 Å². The lowest BCUT2D eigenvalue weighted by Crippen LogP contribution is -2.10. The topological polar surface area (TPSA) is 38.9 Å². The minimum absolute atomic E-state index is 0.130. The van der Waals surface area contributed by atoms with Crippen LogP contribution in [0.15, 0.2) is 58.2 Å². The van der Waals surface area contributed by atoms with Gasteiger partial charge in [-0.1, -0.05) is 68.4 Å². The van der Waals surface area contributed by atoms with E-state index in [9.17, 15) is 0 Å². The molecule has 0 aliphatic heterocycles. The second kappa shape index (κ2) is 6.99. The Kier molecular flexibility index (Phi) is 4.97. The summed E-state index contributed by atoms with van der Waals surface area (Å²) >= 11 is 7.50. The minimum Gasteiger partial charge on any atom is -0.411 e. The number of hydrogen-bond acceptors (Lipinski definition) is 4. The average molecular weight is 359 g/mol. The predicted octanol–water partition coefficient (Wildman–Crippen LogP) is 5.98. The summed E-state index contributed by atoms with van der Waals surface area (Å²) in [6.45, 7) is 6.58. The van der Waals surface area contributed by atoms with Crippen molar-refractivity contribution in [3.05, 3.63) is 64.7 Å². The lowest BCUT2D eigenvalue weighted by Gasteiger charge is -2.18. The van der Waals surface area contributed by atoms with Gasteiger partial charge in [-0.3, -0.25) is 0 Å². The first-order chi connectivity index (χ1) is 11.4. The van der Waals surface area contributed by atoms with E-state index in [1.54, 1.807) is 0 Å². The zero-order chi connectivity index (χ0) is 17.2. The van der Waals surface area contributed by atoms with Crippen molar-refractivity contribution < 1.29 is 4.42 Å². The molecule has 0 spiro atoms. The summed E-state index contributed by atoms with van der Waals surface area (Å²) in [5.74, 6) is 1.29. The second-order valence-electron chi connectivity index (χ2n) is 6.62. The molecule has 5 heteroatoms. The molecule has 3 rings (SSSR count). The molecule has 0 bridgehead atoms. The molecule has 0 fully saturated rings. The number of halogens is 1. The van der Waals surface area contributed by atoms with Crippen molar-refractivity contribution in [1.29, 1.82) is 0 Å². The third-order valence-corrected chi connectivity index (χ3v) is 4.78. The van der Waals surface area contributed by atoms with Crippen LogP contribution in [0.5, 0.6) is 0 Å². The lowest BCUT2D eigenvalue weighted by molar-refractivity contribution is 0.466. The first-order valence-electron chi connectivity index (χ1n) is 7.73. The molecular formula is C19H19ClN2OS. The van der Waals surface area contributed by atoms with E-state index >= 15 is 0 Å². The first kappa shape index (κ1) is 17.1. The second-order valence-corrected chi connectivity index (χ2v) is 7.98. The Bertz CT molecular complexity index is 822. The van der Waals surface area contributed by atoms with Gasteiger partial charge in [0.15, 0.2) is 0 Å². The van der Waals surface area contributed by atoms with E-state index in [0.717, 1.165) is 21.9 Å². The third kappa shape index (κ3) is 4.19. The Labute approximate surface area is 151 Å². The fraction of sp³-hybridized carbons (Fsp3) is 0.263. The molecule has 0 N–H and O–H groups in total. The largest absolute Gasteiger partial charge is 0.411 e. The summed E-state index contributed by atoms with van der Waals surface area (Å²) in [5.41, 5.74) is 3.47. The number of aromatic nitrogens is 2. The van der Waals surface area contributed by atoms with Gasteiger partial charge < -0.3 is 4.42 Å². The number of benzene rings is 2. The quantitative estimate of drug-likeness (QED) is 0.538. The fourth-order valence-corrected chi connectivity index (χ4v) is 3.19. The molecule has 3 aromatic rings. The van der Waals surface area contributed by atoms with E-state index in [4.69, 9.17) is 16.0 Å². The van der Waals surface area contributed by atoms with Gasteiger partial charge in [0.25, 0.3) is 5.22 Å². The maximum Gasteiger partial charge on any atom is 0.277 e. The van der Waals surface area contributed by atoms with Crippen LogP contribution in [0.4, 0.5) is 0 Å². The lowest BCUT2D eigenvalue weighted by atomic mass is 9.87. The maximum atomic E-state index is 5.99. The van der Waals surface area contributed by atoms with Crippen LogP contribution in [0.3, 0.4) is 0 Å². The molecule has 0 saturated heterocycles. The van der Waals surface area contributed by atoms with Crippen molar-refractivity contribution in [2.75, 3.05) is 0 Å². The predicted molar refractivity (Wildman–Crippen MR) is 99.4 cm³/mol. The van der Waals surface area contributed by atoms with Crippen molar-refractivity contribution in [2.24, 2.45) is 0 Å². The van der Waals surface area contributed by atoms with Gasteiger partial charge in [0.1, 0.15) is 0 Å². The Balaban J connectivity index is 1.69. The van der Waals surface area contributed by atoms with Crippen LogP contribution in [-0.2, 0) is 11.2 Å². The number of rotatable bonds is 4. The Morgan fingerprint density at radius 1 is 1.04 bits per heavy atom. The van der Waals surface area contributed by atoms with Crippen molar-refractivity contribution in [1.82, 2.24) is 10.2 Å². The highest BCUT2D eigenvalue weighted by Gasteiger charge is 2.15. The van der Waals surface area contributed by atoms with Crippen LogP contribution in [0, 0.1) is 0 Å². The Hall–Kier alpha value is -1.78. The molecule has 0 saturated carbocycles. The van der Waals surface area contributed by atoms with E-state index in [2.05, 4.69) is 43.1 Å². The summed E-state index contributed by atoms with van der Waals surface area (Å²) in [6, 6.07) is 16.0. The number of hydrogen-bond donors (Lipinski definition) is 0. The van der Waals surface area contributed by atoms with E-state index in [1.807, 2.05) is 36.4 Å². The van der Waals surface area contributed by atoms with E-state index in [-0.39, 0.29) is 5.41 Å². The van der Waals surface area contributed by atoms with Crippen LogP contribution in [-0.4, -0.2) is 10.2 Å². The van der Waals surface area contributed by atoms with Crippen molar-refractivity contribution in [3.8, 4) is 11.5 Å². The normalized spacial score (nSPS) is 11.7. The van der Waals surface area contributed by atoms with Gasteiger partial charge in [-0.05, 0) is 40.8 Å². The van der Waals surface area contributed by atoms with Crippen molar-refractivity contribution in [2.45, 2.75) is 37.2 Å². The van der Waals surface area contributed by atoms with Crippen LogP contribution in [0.1, 0.15) is 31.9 Å². The number of nitrogens with zero attached hydrogens (tertiary/aromatic N) is 2. The molecule has 1 aromatic heterocycles. The zero-order valence-electron chi connectivity index (χ0n) is 13.9. The van der Waals surface area contributed by atoms with Crippen LogP contribution < -0.4 is 0 Å². The standard InChI is InChI=1S/C19H19ClN2OS/c1-19(2,3)15-9-7-14(8-10-15)17-21-22-18(23-17)24-12-13-5-4-6-16(20)11-13/h4-11H,12H2,1-3H3. The molecule has 0 atom stereocenters. The minimum atomic E-state index is 0.130. The smallest absolute Gasteiger partial charge is 0.277 e. The van der Waals surface area contributed by atoms with Gasteiger partial charge in [-0.25, -0.2) is 0 Å². The maximum absolute atomic E-state index is 5.99. The van der Waals surface area contributed by atoms with Crippen LogP contribution >= 0.6 is 23.4 Å². The van der Waals surface area contributed by atoms with Crippen LogP contribution in [0.25, 0.3) is 11.5 Å². The molecule has 0 radical (unpaired) electrons. The van der Waals surface area contributed by atoms with Crippen molar-refractivity contribution >= 4 is 23.4 Å². The zero-order valence-corrected chi connectivity index (χ0v) is 15.5. The van der Waals surface area contributed by atoms with E-state index in [1.165, 1.54) is 17.3 Å². The molecule has 0 aliphatic carbocycles. The highest BCUT2D eigenvalue weighted by atomic mass is 35.5. The Morgan fingerprint density at radius 3 is 2.46 bits per heavy atom. The van der Waals surface area contributed by atoms with E-state index in [0.29, 0.717) is 11.1 Å². The molecule has 124 valence electrons. The Morgan fingerprint density at radius 2 is 1.79 bits per heavy atom. The highest BCUT2D eigenvalue weighted by Crippen LogP contribution is 2.28.